The predicted octanol–water partition coefficient (Wildman–Crippen LogP) is 27.0. The summed E-state index contributed by atoms with van der Waals surface area (Å²) in [5.74, 6) is -0.553. The van der Waals surface area contributed by atoms with Crippen molar-refractivity contribution in [3.63, 3.8) is 0 Å². The van der Waals surface area contributed by atoms with Crippen molar-refractivity contribution in [3.8, 4) is 0 Å². The number of hydrogen-bond donors (Lipinski definition) is 3. The maximum atomic E-state index is 13.2. The first-order valence-corrected chi connectivity index (χ1v) is 48.5. The molecule has 0 aromatic rings. The third kappa shape index (κ3) is 81.9. The SMILES string of the molecule is CCCCCCCCCCCCCCCCCCCCCC(=O)OC[C@H](COP(=O)(O)OC[C@@H](O)COP(=O)(O)OC[C@@H](COC(=O)CCCCCCCCCCC(C)C)OC(=O)CCCCCCCCCCCCCCCCCC)OC(=O)CCCCCCCCCCCCCCCCCCCCC(C)C. The molecule has 0 amide bonds. The fourth-order valence-electron chi connectivity index (χ4n) is 13.8. The van der Waals surface area contributed by atoms with E-state index in [0.29, 0.717) is 25.7 Å². The van der Waals surface area contributed by atoms with Crippen LogP contribution in [0.1, 0.15) is 472 Å². The smallest absolute Gasteiger partial charge is 0.462 e. The van der Waals surface area contributed by atoms with E-state index in [1.54, 1.807) is 0 Å². The molecule has 2 unspecified atom stereocenters. The highest BCUT2D eigenvalue weighted by Crippen LogP contribution is 2.45. The number of rotatable bonds is 87. The molecule has 5 atom stereocenters. The van der Waals surface area contributed by atoms with Gasteiger partial charge in [-0.15, -0.1) is 0 Å². The molecule has 636 valence electrons. The molecule has 0 bridgehead atoms. The Hall–Kier alpha value is -1.94. The Balaban J connectivity index is 5.24. The van der Waals surface area contributed by atoms with Crippen LogP contribution < -0.4 is 0 Å². The summed E-state index contributed by atoms with van der Waals surface area (Å²) < 4.78 is 69.0. The fourth-order valence-corrected chi connectivity index (χ4v) is 15.4. The highest BCUT2D eigenvalue weighted by atomic mass is 31.2. The third-order valence-electron chi connectivity index (χ3n) is 20.7. The number of unbranched alkanes of at least 4 members (excludes halogenated alkanes) is 57. The van der Waals surface area contributed by atoms with Crippen LogP contribution in [0.4, 0.5) is 0 Å². The topological polar surface area (TPSA) is 237 Å². The van der Waals surface area contributed by atoms with Crippen molar-refractivity contribution in [1.29, 1.82) is 0 Å². The van der Waals surface area contributed by atoms with Gasteiger partial charge in [0, 0.05) is 25.7 Å². The van der Waals surface area contributed by atoms with Gasteiger partial charge in [0.25, 0.3) is 0 Å². The number of phosphoric ester groups is 2. The largest absolute Gasteiger partial charge is 0.472 e. The maximum Gasteiger partial charge on any atom is 0.472 e. The molecule has 0 aromatic carbocycles. The van der Waals surface area contributed by atoms with Crippen molar-refractivity contribution in [2.45, 2.75) is 490 Å². The molecule has 0 aliphatic carbocycles. The summed E-state index contributed by atoms with van der Waals surface area (Å²) in [6, 6.07) is 0. The molecule has 0 radical (unpaired) electrons. The van der Waals surface area contributed by atoms with E-state index < -0.39 is 97.5 Å². The molecule has 0 aliphatic heterocycles. The molecule has 17 nitrogen and oxygen atoms in total. The van der Waals surface area contributed by atoms with Crippen molar-refractivity contribution in [2.24, 2.45) is 11.8 Å². The molecule has 0 rings (SSSR count). The first kappa shape index (κ1) is 105. The van der Waals surface area contributed by atoms with Crippen LogP contribution >= 0.6 is 15.6 Å². The number of ether oxygens (including phenoxy) is 4. The molecule has 107 heavy (non-hydrogen) atoms. The van der Waals surface area contributed by atoms with Crippen LogP contribution in [0.15, 0.2) is 0 Å². The lowest BCUT2D eigenvalue weighted by atomic mass is 10.0. The van der Waals surface area contributed by atoms with Gasteiger partial charge in [-0.1, -0.05) is 420 Å². The van der Waals surface area contributed by atoms with Crippen molar-refractivity contribution < 1.29 is 80.2 Å². The Morgan fingerprint density at radius 2 is 0.430 bits per heavy atom. The molecule has 0 aromatic heterocycles. The number of aliphatic hydroxyl groups excluding tert-OH is 1. The predicted molar refractivity (Wildman–Crippen MR) is 442 cm³/mol. The number of carbonyl (C=O) groups excluding carboxylic acids is 4. The summed E-state index contributed by atoms with van der Waals surface area (Å²) in [6.07, 6.45) is 72.3. The van der Waals surface area contributed by atoms with Gasteiger partial charge < -0.3 is 33.8 Å². The van der Waals surface area contributed by atoms with Crippen molar-refractivity contribution in [3.05, 3.63) is 0 Å². The summed E-state index contributed by atoms with van der Waals surface area (Å²) in [7, 11) is -9.93. The van der Waals surface area contributed by atoms with E-state index in [4.69, 9.17) is 37.0 Å². The average Bonchev–Trinajstić information content (AvgIpc) is 0.910. The molecule has 0 heterocycles. The van der Waals surface area contributed by atoms with Crippen LogP contribution in [0.2, 0.25) is 0 Å². The van der Waals surface area contributed by atoms with Crippen LogP contribution in [0.5, 0.6) is 0 Å². The third-order valence-corrected chi connectivity index (χ3v) is 22.6. The summed E-state index contributed by atoms with van der Waals surface area (Å²) in [5, 5.41) is 10.7. The highest BCUT2D eigenvalue weighted by Gasteiger charge is 2.30. The van der Waals surface area contributed by atoms with E-state index in [9.17, 15) is 43.2 Å². The average molecular weight is 1560 g/mol. The monoisotopic (exact) mass is 1560 g/mol. The molecule has 0 aliphatic rings. The van der Waals surface area contributed by atoms with Gasteiger partial charge in [0.1, 0.15) is 19.3 Å². The molecule has 0 spiro atoms. The second kappa shape index (κ2) is 79.3. The summed E-state index contributed by atoms with van der Waals surface area (Å²) >= 11 is 0. The molecule has 0 saturated carbocycles. The first-order chi connectivity index (χ1) is 51.9. The van der Waals surface area contributed by atoms with Gasteiger partial charge >= 0.3 is 39.5 Å². The van der Waals surface area contributed by atoms with E-state index >= 15 is 0 Å². The van der Waals surface area contributed by atoms with Gasteiger partial charge in [-0.3, -0.25) is 37.3 Å². The van der Waals surface area contributed by atoms with E-state index in [1.165, 1.54) is 289 Å². The normalized spacial score (nSPS) is 13.8. The van der Waals surface area contributed by atoms with Gasteiger partial charge in [-0.25, -0.2) is 9.13 Å². The van der Waals surface area contributed by atoms with E-state index in [2.05, 4.69) is 41.5 Å². The lowest BCUT2D eigenvalue weighted by Gasteiger charge is -2.21. The number of aliphatic hydroxyl groups is 1. The number of phosphoric acid groups is 2. The van der Waals surface area contributed by atoms with Crippen molar-refractivity contribution >= 4 is 39.5 Å². The minimum absolute atomic E-state index is 0.108. The summed E-state index contributed by atoms with van der Waals surface area (Å²) in [5.41, 5.74) is 0. The zero-order valence-corrected chi connectivity index (χ0v) is 72.2. The van der Waals surface area contributed by atoms with Gasteiger partial charge in [-0.05, 0) is 37.5 Å². The van der Waals surface area contributed by atoms with Crippen LogP contribution in [0.3, 0.4) is 0 Å². The molecule has 0 saturated heterocycles. The quantitative estimate of drug-likeness (QED) is 0.0222. The molecular weight excluding hydrogens is 1390 g/mol. The van der Waals surface area contributed by atoms with E-state index in [1.807, 2.05) is 0 Å². The first-order valence-electron chi connectivity index (χ1n) is 45.5. The Morgan fingerprint density at radius 3 is 0.636 bits per heavy atom. The van der Waals surface area contributed by atoms with Crippen molar-refractivity contribution in [1.82, 2.24) is 0 Å². The van der Waals surface area contributed by atoms with E-state index in [0.717, 1.165) is 102 Å². The Kier molecular flexibility index (Phi) is 77.9. The van der Waals surface area contributed by atoms with Gasteiger partial charge in [-0.2, -0.15) is 0 Å². The van der Waals surface area contributed by atoms with Crippen LogP contribution in [-0.4, -0.2) is 96.7 Å². The molecule has 19 heteroatoms. The van der Waals surface area contributed by atoms with Gasteiger partial charge in [0.15, 0.2) is 12.2 Å². The lowest BCUT2D eigenvalue weighted by Crippen LogP contribution is -2.30. The lowest BCUT2D eigenvalue weighted by molar-refractivity contribution is -0.161. The maximum absolute atomic E-state index is 13.2. The standard InChI is InChI=1S/C88H172O17P2/c1-7-9-11-13-15-17-19-21-23-25-26-30-34-37-41-45-52-58-64-70-85(90)98-76-83(104-87(92)73-67-61-55-47-43-39-35-31-28-27-29-32-36-40-44-50-56-62-68-80(3)4)78-102-106(94,95)100-74-82(89)75-101-107(96,97)103-79-84(77-99-86(91)71-65-59-53-49-48-51-57-63-69-81(5)6)105-88(93)72-66-60-54-46-42-38-33-24-22-20-18-16-14-12-10-8-2/h80-84,89H,7-79H2,1-6H3,(H,94,95)(H,96,97)/t82-,83-,84-/m1/s1. The van der Waals surface area contributed by atoms with Crippen LogP contribution in [0.25, 0.3) is 0 Å². The number of hydrogen-bond acceptors (Lipinski definition) is 15. The second-order valence-corrected chi connectivity index (χ2v) is 35.5. The molecular formula is C88H172O17P2. The summed E-state index contributed by atoms with van der Waals surface area (Å²) in [4.78, 5) is 73.3. The second-order valence-electron chi connectivity index (χ2n) is 32.6. The Bertz CT molecular complexity index is 2050. The summed E-state index contributed by atoms with van der Waals surface area (Å²) in [6.45, 7) is 9.69. The Labute approximate surface area is 658 Å². The van der Waals surface area contributed by atoms with Crippen LogP contribution in [0, 0.1) is 11.8 Å². The van der Waals surface area contributed by atoms with Gasteiger partial charge in [0.05, 0.1) is 26.4 Å². The minimum Gasteiger partial charge on any atom is -0.462 e. The minimum atomic E-state index is -4.97. The Morgan fingerprint density at radius 1 is 0.252 bits per heavy atom. The zero-order valence-electron chi connectivity index (χ0n) is 70.5. The van der Waals surface area contributed by atoms with Crippen LogP contribution in [-0.2, 0) is 65.4 Å². The van der Waals surface area contributed by atoms with E-state index in [-0.39, 0.29) is 25.7 Å². The molecule has 3 N–H and O–H groups in total. The molecule has 0 fully saturated rings. The highest BCUT2D eigenvalue weighted by molar-refractivity contribution is 7.47. The zero-order chi connectivity index (χ0) is 78.5. The fraction of sp³-hybridized carbons (Fsp3) is 0.955. The van der Waals surface area contributed by atoms with Crippen molar-refractivity contribution in [2.75, 3.05) is 39.6 Å². The van der Waals surface area contributed by atoms with Gasteiger partial charge in [0.2, 0.25) is 0 Å². The number of esters is 4. The number of carbonyl (C=O) groups is 4.